The second-order valence-electron chi connectivity index (χ2n) is 15.3. The first-order valence-corrected chi connectivity index (χ1v) is 24.0. The highest BCUT2D eigenvalue weighted by Crippen LogP contribution is 2.08. The molecular weight excluding hydrogens is 793 g/mol. The smallest absolute Gasteiger partial charge is 0.328 e. The van der Waals surface area contributed by atoms with Crippen molar-refractivity contribution in [3.63, 3.8) is 0 Å². The third kappa shape index (κ3) is 65.6. The van der Waals surface area contributed by atoms with Crippen molar-refractivity contribution in [3.8, 4) is 0 Å². The molecule has 0 atom stereocenters. The maximum Gasteiger partial charge on any atom is 0.328 e. The topological polar surface area (TPSA) is 199 Å². The molecular formula is C48H96N4O10. The normalized spacial score (nSPS) is 10.0. The number of nitrogens with zero attached hydrogens (tertiary/aromatic N) is 2. The summed E-state index contributed by atoms with van der Waals surface area (Å²) in [4.78, 5) is 68.9. The molecule has 2 amide bonds. The van der Waals surface area contributed by atoms with Crippen LogP contribution in [0.15, 0.2) is 12.2 Å². The number of nitrogens with one attached hydrogen (secondary N) is 1. The second kappa shape index (κ2) is 57.5. The van der Waals surface area contributed by atoms with E-state index in [4.69, 9.17) is 14.6 Å². The summed E-state index contributed by atoms with van der Waals surface area (Å²) in [6, 6.07) is 0. The van der Waals surface area contributed by atoms with E-state index in [9.17, 15) is 33.9 Å². The number of nitrogens with two attached hydrogens (primary N) is 1. The lowest BCUT2D eigenvalue weighted by Gasteiger charge is -2.15. The molecule has 0 saturated carbocycles. The molecule has 0 aromatic heterocycles. The molecule has 14 heteroatoms. The highest BCUT2D eigenvalue weighted by Gasteiger charge is 2.08. The average molecular weight is 889 g/mol. The first-order valence-electron chi connectivity index (χ1n) is 24.0. The summed E-state index contributed by atoms with van der Waals surface area (Å²) >= 11 is 0. The summed E-state index contributed by atoms with van der Waals surface area (Å²) < 4.78 is 10.3. The zero-order chi connectivity index (χ0) is 48.1. The van der Waals surface area contributed by atoms with Crippen molar-refractivity contribution in [2.24, 2.45) is 0 Å². The molecule has 0 spiro atoms. The van der Waals surface area contributed by atoms with E-state index in [0.29, 0.717) is 45.4 Å². The molecule has 0 unspecified atom stereocenters. The summed E-state index contributed by atoms with van der Waals surface area (Å²) in [5.74, 6) is -2.39. The first kappa shape index (κ1) is 67.6. The number of likely N-dealkylation sites (N-methyl/N-ethyl adjacent to an activating group) is 1. The lowest BCUT2D eigenvalue weighted by atomic mass is 10.1. The lowest BCUT2D eigenvalue weighted by molar-refractivity contribution is -0.626. The van der Waals surface area contributed by atoms with Gasteiger partial charge in [0.25, 0.3) is 0 Å². The molecule has 0 aromatic carbocycles. The van der Waals surface area contributed by atoms with Crippen molar-refractivity contribution in [2.45, 2.75) is 196 Å². The van der Waals surface area contributed by atoms with Crippen LogP contribution in [-0.4, -0.2) is 118 Å². The Kier molecular flexibility index (Phi) is 62.6. The molecule has 0 aliphatic carbocycles. The molecule has 14 nitrogen and oxygen atoms in total. The number of quaternary nitrogens is 1. The molecule has 0 bridgehead atoms. The predicted molar refractivity (Wildman–Crippen MR) is 250 cm³/mol. The Morgan fingerprint density at radius 3 is 1.35 bits per heavy atom. The molecule has 4 N–H and O–H groups in total. The van der Waals surface area contributed by atoms with Gasteiger partial charge in [-0.2, -0.15) is 0 Å². The number of carbonyl (C=O) groups excluding carboxylic acids is 5. The lowest BCUT2D eigenvalue weighted by Crippen LogP contribution is -2.79. The number of hydrogen-bond donors (Lipinski definition) is 3. The van der Waals surface area contributed by atoms with Crippen molar-refractivity contribution >= 4 is 35.7 Å². The predicted octanol–water partition coefficient (Wildman–Crippen LogP) is 7.22. The van der Waals surface area contributed by atoms with Crippen molar-refractivity contribution in [1.29, 1.82) is 0 Å². The standard InChI is InChI=1S/C18H35NO3.C14H26O4.C8H13NO3.2C4H11N/c1-4-6-7-8-11-14-18(21)22-16-12-9-10-13-17(20)19(3)15-5-2;1-2-3-4-5-8-11-14(17)18-12-9-6-7-10-13(15)16;1-3-6-9(2)7(10)4-5-8(11)12;2*1-3-4-5-2/h4-16H2,1-3H3;2-12H2,1H3,(H,15,16);4-5H,3,6H2,1-2H3,(H,11,12);2*5H,3-4H2,1-2H3/b;;5-4-;;. The molecule has 0 radical (unpaired) electrons. The Morgan fingerprint density at radius 1 is 0.565 bits per heavy atom. The monoisotopic (exact) mass is 889 g/mol. The van der Waals surface area contributed by atoms with E-state index < -0.39 is 11.9 Å². The number of amides is 2. The van der Waals surface area contributed by atoms with E-state index in [1.807, 2.05) is 21.0 Å². The van der Waals surface area contributed by atoms with Crippen molar-refractivity contribution in [2.75, 3.05) is 67.6 Å². The van der Waals surface area contributed by atoms with E-state index >= 15 is 0 Å². The minimum atomic E-state index is -1.10. The minimum absolute atomic E-state index is 0.0738. The number of carbonyl (C=O) groups is 6. The van der Waals surface area contributed by atoms with Crippen LogP contribution in [-0.2, 0) is 38.2 Å². The van der Waals surface area contributed by atoms with Crippen LogP contribution in [0.2, 0.25) is 0 Å². The van der Waals surface area contributed by atoms with Gasteiger partial charge in [0.2, 0.25) is 11.8 Å². The Bertz CT molecular complexity index is 1050. The van der Waals surface area contributed by atoms with E-state index in [0.717, 1.165) is 95.9 Å². The Morgan fingerprint density at radius 2 is 1.00 bits per heavy atom. The Labute approximate surface area is 379 Å². The summed E-state index contributed by atoms with van der Waals surface area (Å²) in [5, 5.41) is 23.6. The zero-order valence-electron chi connectivity index (χ0n) is 41.5. The van der Waals surface area contributed by atoms with Crippen LogP contribution in [0, 0.1) is 0 Å². The number of ether oxygens (including phenoxy) is 2. The van der Waals surface area contributed by atoms with Gasteiger partial charge < -0.3 is 44.9 Å². The van der Waals surface area contributed by atoms with Crippen LogP contribution < -0.4 is 15.7 Å². The van der Waals surface area contributed by atoms with Crippen LogP contribution in [0.4, 0.5) is 0 Å². The summed E-state index contributed by atoms with van der Waals surface area (Å²) in [6.07, 6.45) is 24.1. The Hall–Kier alpha value is -3.52. The van der Waals surface area contributed by atoms with E-state index in [2.05, 4.69) is 52.3 Å². The fourth-order valence-electron chi connectivity index (χ4n) is 5.27. The molecule has 368 valence electrons. The first-order chi connectivity index (χ1) is 29.7. The molecule has 0 rings (SSSR count). The van der Waals surface area contributed by atoms with Gasteiger partial charge in [-0.3, -0.25) is 19.2 Å². The van der Waals surface area contributed by atoms with Gasteiger partial charge in [-0.05, 0) is 97.1 Å². The maximum absolute atomic E-state index is 11.7. The van der Waals surface area contributed by atoms with Crippen LogP contribution >= 0.6 is 0 Å². The van der Waals surface area contributed by atoms with Gasteiger partial charge in [0.05, 0.1) is 26.8 Å². The largest absolute Gasteiger partial charge is 0.550 e. The number of rotatable bonds is 34. The van der Waals surface area contributed by atoms with Crippen LogP contribution in [0.5, 0.6) is 0 Å². The van der Waals surface area contributed by atoms with Gasteiger partial charge in [-0.25, -0.2) is 4.79 Å². The molecule has 0 saturated heterocycles. The zero-order valence-corrected chi connectivity index (χ0v) is 41.5. The molecule has 0 heterocycles. The Balaban J connectivity index is -0.000000242. The van der Waals surface area contributed by atoms with E-state index in [1.165, 1.54) is 62.8 Å². The quantitative estimate of drug-likeness (QED) is 0.0335. The summed E-state index contributed by atoms with van der Waals surface area (Å²) in [7, 11) is 7.54. The highest BCUT2D eigenvalue weighted by atomic mass is 16.5. The van der Waals surface area contributed by atoms with Gasteiger partial charge in [0.1, 0.15) is 0 Å². The van der Waals surface area contributed by atoms with Gasteiger partial charge in [-0.1, -0.05) is 92.9 Å². The maximum atomic E-state index is 11.7. The van der Waals surface area contributed by atoms with Crippen LogP contribution in [0.1, 0.15) is 196 Å². The van der Waals surface area contributed by atoms with E-state index in [1.54, 1.807) is 11.9 Å². The molecule has 0 aliphatic heterocycles. The van der Waals surface area contributed by atoms with Gasteiger partial charge >= 0.3 is 17.9 Å². The number of carboxylic acids is 2. The van der Waals surface area contributed by atoms with Crippen molar-refractivity contribution < 1.29 is 53.8 Å². The number of hydrogen-bond acceptors (Lipinski definition) is 10. The number of carboxylic acid groups (broad SMARTS) is 2. The third-order valence-electron chi connectivity index (χ3n) is 8.92. The molecule has 0 aliphatic rings. The number of unbranched alkanes of at least 4 members (excludes halogenated alkanes) is 12. The molecule has 62 heavy (non-hydrogen) atoms. The van der Waals surface area contributed by atoms with E-state index in [-0.39, 0.29) is 30.2 Å². The third-order valence-corrected chi connectivity index (χ3v) is 8.92. The fourth-order valence-corrected chi connectivity index (χ4v) is 5.27. The van der Waals surface area contributed by atoms with Crippen molar-refractivity contribution in [1.82, 2.24) is 15.1 Å². The number of esters is 2. The van der Waals surface area contributed by atoms with Crippen molar-refractivity contribution in [3.05, 3.63) is 12.2 Å². The molecule has 0 aromatic rings. The second-order valence-corrected chi connectivity index (χ2v) is 15.3. The summed E-state index contributed by atoms with van der Waals surface area (Å²) in [5.41, 5.74) is 0. The van der Waals surface area contributed by atoms with Gasteiger partial charge in [0, 0.05) is 64.6 Å². The van der Waals surface area contributed by atoms with Gasteiger partial charge in [0.15, 0.2) is 0 Å². The SMILES string of the molecule is CCCCCCCC(=O)OCCCCCC(=O)N(C)CCC.CCCCCCCC(=O)OCCCCCC(=O)[O-].CCCN(C)C(=O)/C=C\C(=O)O.CCCNC.CCC[NH2+]C. The molecule has 0 fully saturated rings. The van der Waals surface area contributed by atoms with Gasteiger partial charge in [-0.15, -0.1) is 0 Å². The average Bonchev–Trinajstić information content (AvgIpc) is 3.23. The van der Waals surface area contributed by atoms with Crippen LogP contribution in [0.25, 0.3) is 0 Å². The minimum Gasteiger partial charge on any atom is -0.550 e. The highest BCUT2D eigenvalue weighted by molar-refractivity contribution is 5.93. The summed E-state index contributed by atoms with van der Waals surface area (Å²) in [6.45, 7) is 17.5. The fraction of sp³-hybridized carbons (Fsp3) is 0.833. The number of aliphatic carboxylic acids is 2. The van der Waals surface area contributed by atoms with Crippen LogP contribution in [0.3, 0.4) is 0 Å².